The zero-order valence-electron chi connectivity index (χ0n) is 19.4. The Balaban J connectivity index is 0.000000307. The van der Waals surface area contributed by atoms with Crippen molar-refractivity contribution < 1.29 is 9.53 Å². The summed E-state index contributed by atoms with van der Waals surface area (Å²) < 4.78 is 5.31. The molecule has 1 aliphatic heterocycles. The lowest BCUT2D eigenvalue weighted by Crippen LogP contribution is -2.29. The zero-order valence-corrected chi connectivity index (χ0v) is 19.4. The minimum absolute atomic E-state index is 0.388. The molecule has 2 aromatic rings. The van der Waals surface area contributed by atoms with Crippen molar-refractivity contribution in [1.29, 1.82) is 0 Å². The first-order valence-corrected chi connectivity index (χ1v) is 10.9. The van der Waals surface area contributed by atoms with Gasteiger partial charge in [0.2, 0.25) is 0 Å². The van der Waals surface area contributed by atoms with Crippen molar-refractivity contribution in [2.45, 2.75) is 38.6 Å². The summed E-state index contributed by atoms with van der Waals surface area (Å²) in [5, 5.41) is 6.45. The molecule has 32 heavy (non-hydrogen) atoms. The number of hydrogen-bond donors (Lipinski definition) is 4. The third-order valence-corrected chi connectivity index (χ3v) is 4.53. The van der Waals surface area contributed by atoms with Crippen LogP contribution in [-0.2, 0) is 11.2 Å². The van der Waals surface area contributed by atoms with Gasteiger partial charge in [-0.05, 0) is 44.5 Å². The van der Waals surface area contributed by atoms with E-state index in [1.165, 1.54) is 13.2 Å². The first-order chi connectivity index (χ1) is 15.7. The Morgan fingerprint density at radius 2 is 2.03 bits per heavy atom. The lowest BCUT2D eigenvalue weighted by Gasteiger charge is -2.24. The molecule has 1 aromatic carbocycles. The molecule has 0 radical (unpaired) electrons. The van der Waals surface area contributed by atoms with Crippen LogP contribution in [0.3, 0.4) is 0 Å². The number of nitrogens with zero attached hydrogens (tertiary/aromatic N) is 2. The second-order valence-electron chi connectivity index (χ2n) is 6.76. The summed E-state index contributed by atoms with van der Waals surface area (Å²) in [4.78, 5) is 19.2. The van der Waals surface area contributed by atoms with Gasteiger partial charge in [-0.15, -0.1) is 0 Å². The number of aldehydes is 1. The normalized spacial score (nSPS) is 12.7. The van der Waals surface area contributed by atoms with Crippen molar-refractivity contribution in [3.05, 3.63) is 47.4 Å². The molecule has 0 saturated carbocycles. The number of hydrogen-bond acceptors (Lipinski definition) is 8. The van der Waals surface area contributed by atoms with E-state index in [-0.39, 0.29) is 0 Å². The Bertz CT molecular complexity index is 857. The fraction of sp³-hybridized carbons (Fsp3) is 0.458. The van der Waals surface area contributed by atoms with Gasteiger partial charge in [-0.3, -0.25) is 4.79 Å². The Hall–Kier alpha value is -2.99. The lowest BCUT2D eigenvalue weighted by molar-refractivity contribution is 0.0903. The van der Waals surface area contributed by atoms with Crippen LogP contribution in [0.25, 0.3) is 0 Å². The number of ether oxygens (including phenoxy) is 1. The van der Waals surface area contributed by atoms with Crippen LogP contribution in [0.2, 0.25) is 0 Å². The summed E-state index contributed by atoms with van der Waals surface area (Å²) in [6.07, 6.45) is 5.72. The molecular weight excluding hydrogens is 404 g/mol. The van der Waals surface area contributed by atoms with E-state index in [0.29, 0.717) is 18.3 Å². The highest BCUT2D eigenvalue weighted by molar-refractivity contribution is 5.71. The molecule has 0 atom stereocenters. The van der Waals surface area contributed by atoms with Crippen molar-refractivity contribution in [1.82, 2.24) is 9.97 Å². The zero-order chi connectivity index (χ0) is 23.6. The quantitative estimate of drug-likeness (QED) is 0.398. The van der Waals surface area contributed by atoms with Crippen LogP contribution >= 0.6 is 0 Å². The van der Waals surface area contributed by atoms with Crippen molar-refractivity contribution in [3.8, 4) is 11.8 Å². The summed E-state index contributed by atoms with van der Waals surface area (Å²) >= 11 is 0. The molecule has 1 fully saturated rings. The molecule has 1 saturated heterocycles. The van der Waals surface area contributed by atoms with Gasteiger partial charge in [0.15, 0.2) is 6.29 Å². The number of nitrogens with one attached hydrogen (secondary N) is 2. The predicted molar refractivity (Wildman–Crippen MR) is 131 cm³/mol. The first kappa shape index (κ1) is 27.0. The molecule has 1 aromatic heterocycles. The molecule has 8 nitrogen and oxygen atoms in total. The Labute approximate surface area is 191 Å². The van der Waals surface area contributed by atoms with Gasteiger partial charge in [-0.25, -0.2) is 9.97 Å². The molecule has 0 bridgehead atoms. The molecule has 0 aliphatic carbocycles. The maximum Gasteiger partial charge on any atom is 0.170 e. The van der Waals surface area contributed by atoms with Gasteiger partial charge in [0.25, 0.3) is 0 Å². The smallest absolute Gasteiger partial charge is 0.170 e. The number of carbonyl (C=O) groups excluding carboxylic acids is 1. The minimum atomic E-state index is 0.388. The van der Waals surface area contributed by atoms with Crippen molar-refractivity contribution >= 4 is 17.8 Å². The fourth-order valence-corrected chi connectivity index (χ4v) is 2.89. The predicted octanol–water partition coefficient (Wildman–Crippen LogP) is 2.45. The second kappa shape index (κ2) is 16.7. The molecule has 6 N–H and O–H groups in total. The van der Waals surface area contributed by atoms with E-state index in [9.17, 15) is 4.79 Å². The highest BCUT2D eigenvalue weighted by Gasteiger charge is 2.16. The van der Waals surface area contributed by atoms with Crippen molar-refractivity contribution in [3.63, 3.8) is 0 Å². The van der Waals surface area contributed by atoms with E-state index in [1.807, 2.05) is 38.2 Å². The maximum atomic E-state index is 10.6. The Kier molecular flexibility index (Phi) is 14.1. The number of aryl methyl sites for hydroxylation is 1. The van der Waals surface area contributed by atoms with Crippen LogP contribution in [0.1, 0.15) is 47.9 Å². The number of rotatable bonds is 6. The van der Waals surface area contributed by atoms with Crippen molar-refractivity contribution in [2.24, 2.45) is 11.5 Å². The van der Waals surface area contributed by atoms with Crippen LogP contribution in [0.15, 0.2) is 30.5 Å². The van der Waals surface area contributed by atoms with Crippen LogP contribution < -0.4 is 22.1 Å². The van der Waals surface area contributed by atoms with Crippen LogP contribution in [0.5, 0.6) is 0 Å². The highest BCUT2D eigenvalue weighted by Crippen LogP contribution is 2.16. The molecule has 2 heterocycles. The van der Waals surface area contributed by atoms with Crippen molar-refractivity contribution in [2.75, 3.05) is 44.5 Å². The van der Waals surface area contributed by atoms with Gasteiger partial charge < -0.3 is 26.8 Å². The Morgan fingerprint density at radius 1 is 1.28 bits per heavy atom. The average molecular weight is 441 g/mol. The average Bonchev–Trinajstić information content (AvgIpc) is 2.87. The number of benzene rings is 1. The standard InChI is InChI=1S/C12H17N3O2.C11H14N2.CH5N/c1-2-11-12(13-7-10(8-16)14-11)15-9-3-5-17-6-4-9;1-13-11-7-4-6-10(9-11)5-2-3-8-12;1-2/h7-9H,2-6H2,1H3,(H,13,15);4,6-7,9,13H,3,8,12H2,1H3;2H2,1H3. The van der Waals surface area contributed by atoms with E-state index in [4.69, 9.17) is 10.5 Å². The van der Waals surface area contributed by atoms with Gasteiger partial charge in [0.05, 0.1) is 11.9 Å². The number of aromatic nitrogens is 2. The molecule has 1 aliphatic rings. The van der Waals surface area contributed by atoms with E-state index in [2.05, 4.69) is 38.2 Å². The SMILES string of the molecule is CCc1nc(C=O)cnc1NC1CCOCC1.CN.CNc1cccc(C#CCCN)c1. The highest BCUT2D eigenvalue weighted by atomic mass is 16.5. The molecule has 0 unspecified atom stereocenters. The van der Waals surface area contributed by atoms with Crippen LogP contribution in [0.4, 0.5) is 11.5 Å². The van der Waals surface area contributed by atoms with Gasteiger partial charge in [0.1, 0.15) is 11.5 Å². The second-order valence-corrected chi connectivity index (χ2v) is 6.76. The summed E-state index contributed by atoms with van der Waals surface area (Å²) in [6, 6.07) is 8.39. The van der Waals surface area contributed by atoms with E-state index >= 15 is 0 Å². The molecular formula is C24H36N6O2. The maximum absolute atomic E-state index is 10.6. The molecule has 3 rings (SSSR count). The number of anilines is 2. The fourth-order valence-electron chi connectivity index (χ4n) is 2.89. The van der Waals surface area contributed by atoms with Gasteiger partial charge in [-0.2, -0.15) is 0 Å². The first-order valence-electron chi connectivity index (χ1n) is 10.9. The topological polar surface area (TPSA) is 128 Å². The summed E-state index contributed by atoms with van der Waals surface area (Å²) in [5.41, 5.74) is 13.2. The lowest BCUT2D eigenvalue weighted by atomic mass is 10.1. The summed E-state index contributed by atoms with van der Waals surface area (Å²) in [7, 11) is 3.40. The number of carbonyl (C=O) groups is 1. The number of nitrogens with two attached hydrogens (primary N) is 2. The third-order valence-electron chi connectivity index (χ3n) is 4.53. The molecule has 0 spiro atoms. The molecule has 0 amide bonds. The van der Waals surface area contributed by atoms with E-state index in [0.717, 1.165) is 67.9 Å². The molecule has 8 heteroatoms. The van der Waals surface area contributed by atoms with Gasteiger partial charge in [0, 0.05) is 50.5 Å². The van der Waals surface area contributed by atoms with Crippen LogP contribution in [0, 0.1) is 11.8 Å². The Morgan fingerprint density at radius 3 is 2.66 bits per heavy atom. The van der Waals surface area contributed by atoms with E-state index in [1.54, 1.807) is 0 Å². The third kappa shape index (κ3) is 9.88. The van der Waals surface area contributed by atoms with E-state index < -0.39 is 0 Å². The van der Waals surface area contributed by atoms with Crippen LogP contribution in [-0.4, -0.2) is 56.1 Å². The summed E-state index contributed by atoms with van der Waals surface area (Å²) in [5.74, 6) is 6.85. The minimum Gasteiger partial charge on any atom is -0.388 e. The summed E-state index contributed by atoms with van der Waals surface area (Å²) in [6.45, 7) is 4.21. The van der Waals surface area contributed by atoms with Gasteiger partial charge >= 0.3 is 0 Å². The monoisotopic (exact) mass is 440 g/mol. The van der Waals surface area contributed by atoms with Gasteiger partial charge in [-0.1, -0.05) is 24.8 Å². The molecule has 174 valence electrons. The largest absolute Gasteiger partial charge is 0.388 e.